The highest BCUT2D eigenvalue weighted by Gasteiger charge is 2.31. The van der Waals surface area contributed by atoms with Crippen molar-refractivity contribution in [3.05, 3.63) is 75.8 Å². The van der Waals surface area contributed by atoms with E-state index in [1.807, 2.05) is 0 Å². The number of fused-ring (bicyclic) bond motifs is 1. The average molecular weight is 578 g/mol. The largest absolute Gasteiger partial charge is 0.573 e. The van der Waals surface area contributed by atoms with Gasteiger partial charge in [0.1, 0.15) is 33.7 Å². The van der Waals surface area contributed by atoms with Crippen LogP contribution in [-0.4, -0.2) is 23.3 Å². The summed E-state index contributed by atoms with van der Waals surface area (Å²) < 4.78 is 74.2. The maximum absolute atomic E-state index is 13.7. The fraction of sp³-hybridized carbons (Fsp3) is 0.0455. The average Bonchev–Trinajstić information content (AvgIpc) is 3.18. The molecule has 0 aliphatic heterocycles. The third-order valence-corrected chi connectivity index (χ3v) is 6.20. The molecule has 0 aliphatic carbocycles. The SMILES string of the molecule is O=C(NC(=O)c1c(F)cccc1F)Nc1nc2cc(Cl)c(Oc3ccc(OC(F)(F)F)cc3)c(Cl)c2s1. The van der Waals surface area contributed by atoms with Gasteiger partial charge in [0.2, 0.25) is 0 Å². The van der Waals surface area contributed by atoms with E-state index in [2.05, 4.69) is 15.0 Å². The summed E-state index contributed by atoms with van der Waals surface area (Å²) in [5.41, 5.74) is -0.695. The molecule has 4 aromatic rings. The molecular weight excluding hydrogens is 568 g/mol. The number of urea groups is 1. The zero-order valence-corrected chi connectivity index (χ0v) is 20.1. The Morgan fingerprint density at radius 2 is 1.59 bits per heavy atom. The van der Waals surface area contributed by atoms with Crippen molar-refractivity contribution in [1.82, 2.24) is 10.3 Å². The fourth-order valence-electron chi connectivity index (χ4n) is 2.96. The summed E-state index contributed by atoms with van der Waals surface area (Å²) in [5.74, 6) is -4.01. The second kappa shape index (κ2) is 10.4. The fourth-order valence-corrected chi connectivity index (χ4v) is 4.47. The van der Waals surface area contributed by atoms with Gasteiger partial charge in [-0.25, -0.2) is 18.6 Å². The van der Waals surface area contributed by atoms with Crippen molar-refractivity contribution >= 4 is 61.8 Å². The Hall–Kier alpha value is -3.68. The van der Waals surface area contributed by atoms with Crippen molar-refractivity contribution in [3.63, 3.8) is 0 Å². The van der Waals surface area contributed by atoms with Crippen LogP contribution in [0.1, 0.15) is 10.4 Å². The molecular formula is C22H10Cl2F5N3O4S. The van der Waals surface area contributed by atoms with Gasteiger partial charge in [0, 0.05) is 0 Å². The van der Waals surface area contributed by atoms with Gasteiger partial charge in [-0.15, -0.1) is 13.2 Å². The quantitative estimate of drug-likeness (QED) is 0.239. The highest BCUT2D eigenvalue weighted by molar-refractivity contribution is 7.23. The molecule has 192 valence electrons. The summed E-state index contributed by atoms with van der Waals surface area (Å²) in [4.78, 5) is 28.4. The van der Waals surface area contributed by atoms with Gasteiger partial charge in [-0.05, 0) is 42.5 Å². The number of carbonyl (C=O) groups excluding carboxylic acids is 2. The Kier molecular flexibility index (Phi) is 7.39. The lowest BCUT2D eigenvalue weighted by atomic mass is 10.2. The molecule has 0 bridgehead atoms. The van der Waals surface area contributed by atoms with Crippen LogP contribution in [0.5, 0.6) is 17.2 Å². The number of amides is 3. The summed E-state index contributed by atoms with van der Waals surface area (Å²) in [5, 5.41) is 3.98. The number of hydrogen-bond donors (Lipinski definition) is 2. The molecule has 0 spiro atoms. The molecule has 0 atom stereocenters. The second-order valence-electron chi connectivity index (χ2n) is 6.99. The minimum Gasteiger partial charge on any atom is -0.454 e. The number of rotatable bonds is 5. The molecule has 1 aromatic heterocycles. The van der Waals surface area contributed by atoms with E-state index in [1.54, 1.807) is 5.32 Å². The number of aromatic nitrogens is 1. The zero-order chi connectivity index (χ0) is 26.9. The molecule has 2 N–H and O–H groups in total. The number of halogens is 7. The van der Waals surface area contributed by atoms with Crippen LogP contribution in [0.2, 0.25) is 10.0 Å². The maximum Gasteiger partial charge on any atom is 0.573 e. The van der Waals surface area contributed by atoms with E-state index in [-0.39, 0.29) is 32.2 Å². The Labute approximate surface area is 217 Å². The number of nitrogens with one attached hydrogen (secondary N) is 2. The molecule has 37 heavy (non-hydrogen) atoms. The molecule has 0 aliphatic rings. The number of alkyl halides is 3. The lowest BCUT2D eigenvalue weighted by Gasteiger charge is -2.12. The molecule has 0 saturated heterocycles. The molecule has 0 unspecified atom stereocenters. The first-order valence-corrected chi connectivity index (χ1v) is 11.4. The minimum absolute atomic E-state index is 0.000347. The van der Waals surface area contributed by atoms with Gasteiger partial charge < -0.3 is 9.47 Å². The number of benzene rings is 3. The van der Waals surface area contributed by atoms with Crippen LogP contribution in [0.3, 0.4) is 0 Å². The number of thiazole rings is 1. The Morgan fingerprint density at radius 1 is 0.973 bits per heavy atom. The first kappa shape index (κ1) is 26.4. The smallest absolute Gasteiger partial charge is 0.454 e. The van der Waals surface area contributed by atoms with Gasteiger partial charge in [0.25, 0.3) is 5.91 Å². The number of imide groups is 1. The normalized spacial score (nSPS) is 11.3. The van der Waals surface area contributed by atoms with Crippen LogP contribution in [0.15, 0.2) is 48.5 Å². The van der Waals surface area contributed by atoms with Crippen LogP contribution in [0, 0.1) is 11.6 Å². The maximum atomic E-state index is 13.7. The molecule has 0 fully saturated rings. The predicted octanol–water partition coefficient (Wildman–Crippen LogP) is 7.53. The van der Waals surface area contributed by atoms with E-state index in [4.69, 9.17) is 27.9 Å². The second-order valence-corrected chi connectivity index (χ2v) is 8.78. The Morgan fingerprint density at radius 3 is 2.22 bits per heavy atom. The van der Waals surface area contributed by atoms with Gasteiger partial charge in [0.05, 0.1) is 15.2 Å². The number of carbonyl (C=O) groups is 2. The van der Waals surface area contributed by atoms with Crippen molar-refractivity contribution in [2.45, 2.75) is 6.36 Å². The van der Waals surface area contributed by atoms with Crippen LogP contribution >= 0.6 is 34.5 Å². The van der Waals surface area contributed by atoms with Gasteiger partial charge in [-0.2, -0.15) is 0 Å². The van der Waals surface area contributed by atoms with E-state index in [0.717, 1.165) is 41.7 Å². The first-order valence-electron chi connectivity index (χ1n) is 9.80. The molecule has 0 radical (unpaired) electrons. The molecule has 7 nitrogen and oxygen atoms in total. The summed E-state index contributed by atoms with van der Waals surface area (Å²) >= 11 is 13.5. The van der Waals surface area contributed by atoms with E-state index >= 15 is 0 Å². The third kappa shape index (κ3) is 6.18. The lowest BCUT2D eigenvalue weighted by molar-refractivity contribution is -0.274. The summed E-state index contributed by atoms with van der Waals surface area (Å²) in [6.07, 6.45) is -4.85. The van der Waals surface area contributed by atoms with Crippen molar-refractivity contribution in [3.8, 4) is 17.2 Å². The lowest BCUT2D eigenvalue weighted by Crippen LogP contribution is -2.35. The van der Waals surface area contributed by atoms with Gasteiger partial charge in [0.15, 0.2) is 10.9 Å². The van der Waals surface area contributed by atoms with Gasteiger partial charge in [-0.1, -0.05) is 40.6 Å². The van der Waals surface area contributed by atoms with Crippen LogP contribution in [0.4, 0.5) is 31.9 Å². The van der Waals surface area contributed by atoms with E-state index in [9.17, 15) is 31.5 Å². The molecule has 4 rings (SSSR count). The first-order chi connectivity index (χ1) is 17.4. The Bertz CT molecular complexity index is 1490. The predicted molar refractivity (Wildman–Crippen MR) is 126 cm³/mol. The van der Waals surface area contributed by atoms with Crippen LogP contribution < -0.4 is 20.1 Å². The third-order valence-electron chi connectivity index (χ3n) is 4.45. The van der Waals surface area contributed by atoms with Crippen LogP contribution in [-0.2, 0) is 0 Å². The molecule has 1 heterocycles. The topological polar surface area (TPSA) is 89.6 Å². The highest BCUT2D eigenvalue weighted by Crippen LogP contribution is 2.44. The van der Waals surface area contributed by atoms with Gasteiger partial charge >= 0.3 is 12.4 Å². The monoisotopic (exact) mass is 577 g/mol. The Balaban J connectivity index is 1.50. The number of nitrogens with zero attached hydrogens (tertiary/aromatic N) is 1. The highest BCUT2D eigenvalue weighted by atomic mass is 35.5. The molecule has 3 amide bonds. The summed E-state index contributed by atoms with van der Waals surface area (Å²) in [6, 6.07) is 7.50. The van der Waals surface area contributed by atoms with Crippen molar-refractivity contribution in [2.24, 2.45) is 0 Å². The van der Waals surface area contributed by atoms with E-state index in [1.165, 1.54) is 18.2 Å². The van der Waals surface area contributed by atoms with Crippen molar-refractivity contribution in [1.29, 1.82) is 0 Å². The van der Waals surface area contributed by atoms with E-state index < -0.39 is 41.2 Å². The minimum atomic E-state index is -4.85. The summed E-state index contributed by atoms with van der Waals surface area (Å²) in [6.45, 7) is 0. The van der Waals surface area contributed by atoms with Gasteiger partial charge in [-0.3, -0.25) is 15.4 Å². The molecule has 15 heteroatoms. The number of hydrogen-bond acceptors (Lipinski definition) is 6. The molecule has 0 saturated carbocycles. The number of ether oxygens (including phenoxy) is 2. The summed E-state index contributed by atoms with van der Waals surface area (Å²) in [7, 11) is 0. The standard InChI is InChI=1S/C22H10Cl2F5N3O4S/c23-11-8-14-18(16(24)17(11)35-9-4-6-10(7-5-9)36-22(27,28)29)37-21(30-14)32-20(34)31-19(33)15-12(25)2-1-3-13(15)26/h1-8H,(H2,30,31,32,33,34). The number of anilines is 1. The van der Waals surface area contributed by atoms with Crippen molar-refractivity contribution in [2.75, 3.05) is 5.32 Å². The zero-order valence-electron chi connectivity index (χ0n) is 17.8. The van der Waals surface area contributed by atoms with Crippen molar-refractivity contribution < 1.29 is 41.0 Å². The molecule has 3 aromatic carbocycles. The van der Waals surface area contributed by atoms with Crippen LogP contribution in [0.25, 0.3) is 10.2 Å². The van der Waals surface area contributed by atoms with E-state index in [0.29, 0.717) is 4.70 Å².